The fourth-order valence-corrected chi connectivity index (χ4v) is 3.95. The number of piperidine rings is 1. The first kappa shape index (κ1) is 17.0. The minimum atomic E-state index is -0.0925. The van der Waals surface area contributed by atoms with E-state index in [1.54, 1.807) is 0 Å². The average molecular weight is 329 g/mol. The fourth-order valence-electron chi connectivity index (χ4n) is 3.95. The minimum absolute atomic E-state index is 0.0316. The summed E-state index contributed by atoms with van der Waals surface area (Å²) in [5.74, 6) is 0.461. The van der Waals surface area contributed by atoms with Gasteiger partial charge in [0.25, 0.3) is 0 Å². The molecule has 2 aliphatic rings. The molecule has 1 aromatic rings. The first-order chi connectivity index (χ1) is 11.7. The Balaban J connectivity index is 1.56. The van der Waals surface area contributed by atoms with Crippen LogP contribution in [0.25, 0.3) is 0 Å². The average Bonchev–Trinajstić information content (AvgIpc) is 3.03. The van der Waals surface area contributed by atoms with Crippen LogP contribution >= 0.6 is 0 Å². The Bertz CT molecular complexity index is 602. The molecule has 2 amide bonds. The molecule has 1 aliphatic carbocycles. The summed E-state index contributed by atoms with van der Waals surface area (Å²) in [4.78, 5) is 26.7. The number of nitrogens with zero attached hydrogens (tertiary/aromatic N) is 1. The van der Waals surface area contributed by atoms with Crippen LogP contribution in [0.5, 0.6) is 0 Å². The number of amides is 2. The molecule has 2 atom stereocenters. The van der Waals surface area contributed by atoms with E-state index in [1.165, 1.54) is 11.1 Å². The van der Waals surface area contributed by atoms with Crippen LogP contribution in [0.4, 0.5) is 0 Å². The molecular weight excluding hydrogens is 302 g/mol. The van der Waals surface area contributed by atoms with Crippen LogP contribution < -0.4 is 11.1 Å². The molecule has 0 radical (unpaired) electrons. The van der Waals surface area contributed by atoms with Crippen LogP contribution in [-0.2, 0) is 16.0 Å². The third kappa shape index (κ3) is 3.78. The first-order valence-electron chi connectivity index (χ1n) is 9.02. The number of carbonyl (C=O) groups is 2. The van der Waals surface area contributed by atoms with Gasteiger partial charge in [-0.05, 0) is 42.7 Å². The number of aryl methyl sites for hydroxylation is 1. The van der Waals surface area contributed by atoms with Gasteiger partial charge >= 0.3 is 0 Å². The number of carbonyl (C=O) groups excluding carboxylic acids is 2. The highest BCUT2D eigenvalue weighted by molar-refractivity contribution is 5.81. The molecule has 1 heterocycles. The lowest BCUT2D eigenvalue weighted by atomic mass is 9.94. The lowest BCUT2D eigenvalue weighted by molar-refractivity contribution is -0.136. The van der Waals surface area contributed by atoms with Crippen molar-refractivity contribution in [3.8, 4) is 0 Å². The Morgan fingerprint density at radius 2 is 2.08 bits per heavy atom. The van der Waals surface area contributed by atoms with Crippen molar-refractivity contribution in [3.63, 3.8) is 0 Å². The molecule has 5 nitrogen and oxygen atoms in total. The molecular formula is C19H27N3O2. The SMILES string of the molecule is NCCNC(=O)C1CCCN(C(=O)CC2CCc3ccccc32)C1. The van der Waals surface area contributed by atoms with Crippen molar-refractivity contribution in [1.29, 1.82) is 0 Å². The predicted octanol–water partition coefficient (Wildman–Crippen LogP) is 1.42. The second-order valence-electron chi connectivity index (χ2n) is 6.90. The molecule has 1 aromatic carbocycles. The topological polar surface area (TPSA) is 75.4 Å². The lowest BCUT2D eigenvalue weighted by Crippen LogP contribution is -2.46. The van der Waals surface area contributed by atoms with Crippen molar-refractivity contribution in [3.05, 3.63) is 35.4 Å². The monoisotopic (exact) mass is 329 g/mol. The molecule has 0 spiro atoms. The molecule has 3 rings (SSSR count). The number of hydrogen-bond donors (Lipinski definition) is 2. The number of nitrogens with one attached hydrogen (secondary N) is 1. The molecule has 1 saturated heterocycles. The summed E-state index contributed by atoms with van der Waals surface area (Å²) in [6.07, 6.45) is 4.44. The number of likely N-dealkylation sites (tertiary alicyclic amines) is 1. The highest BCUT2D eigenvalue weighted by Gasteiger charge is 2.31. The van der Waals surface area contributed by atoms with Gasteiger partial charge in [0, 0.05) is 32.6 Å². The summed E-state index contributed by atoms with van der Waals surface area (Å²) >= 11 is 0. The molecule has 1 aliphatic heterocycles. The zero-order valence-corrected chi connectivity index (χ0v) is 14.2. The maximum Gasteiger partial charge on any atom is 0.224 e. The van der Waals surface area contributed by atoms with E-state index in [-0.39, 0.29) is 17.7 Å². The lowest BCUT2D eigenvalue weighted by Gasteiger charge is -2.32. The van der Waals surface area contributed by atoms with Crippen LogP contribution in [-0.4, -0.2) is 42.9 Å². The molecule has 0 aromatic heterocycles. The quantitative estimate of drug-likeness (QED) is 0.858. The van der Waals surface area contributed by atoms with Crippen LogP contribution in [0.1, 0.15) is 42.7 Å². The molecule has 0 bridgehead atoms. The fraction of sp³-hybridized carbons (Fsp3) is 0.579. The van der Waals surface area contributed by atoms with E-state index >= 15 is 0 Å². The summed E-state index contributed by atoms with van der Waals surface area (Å²) in [5, 5.41) is 2.85. The Kier molecular flexibility index (Phi) is 5.51. The van der Waals surface area contributed by atoms with Crippen molar-refractivity contribution in [2.75, 3.05) is 26.2 Å². The van der Waals surface area contributed by atoms with E-state index in [0.717, 1.165) is 32.2 Å². The van der Waals surface area contributed by atoms with Gasteiger partial charge in [-0.1, -0.05) is 24.3 Å². The van der Waals surface area contributed by atoms with Crippen molar-refractivity contribution in [1.82, 2.24) is 10.2 Å². The van der Waals surface area contributed by atoms with Crippen molar-refractivity contribution >= 4 is 11.8 Å². The maximum absolute atomic E-state index is 12.7. The third-order valence-corrected chi connectivity index (χ3v) is 5.27. The highest BCUT2D eigenvalue weighted by atomic mass is 16.2. The van der Waals surface area contributed by atoms with Crippen molar-refractivity contribution in [2.24, 2.45) is 11.7 Å². The van der Waals surface area contributed by atoms with Crippen LogP contribution in [0, 0.1) is 5.92 Å². The zero-order chi connectivity index (χ0) is 16.9. The van der Waals surface area contributed by atoms with E-state index in [9.17, 15) is 9.59 Å². The number of hydrogen-bond acceptors (Lipinski definition) is 3. The van der Waals surface area contributed by atoms with E-state index in [4.69, 9.17) is 5.73 Å². The molecule has 1 fully saturated rings. The van der Waals surface area contributed by atoms with Crippen molar-refractivity contribution in [2.45, 2.75) is 38.0 Å². The van der Waals surface area contributed by atoms with Gasteiger partial charge in [0.05, 0.1) is 5.92 Å². The van der Waals surface area contributed by atoms with Gasteiger partial charge in [0.15, 0.2) is 0 Å². The molecule has 2 unspecified atom stereocenters. The largest absolute Gasteiger partial charge is 0.355 e. The molecule has 130 valence electrons. The predicted molar refractivity (Wildman–Crippen MR) is 93.5 cm³/mol. The summed E-state index contributed by atoms with van der Waals surface area (Å²) in [5.41, 5.74) is 8.15. The van der Waals surface area contributed by atoms with E-state index in [0.29, 0.717) is 32.0 Å². The Hall–Kier alpha value is -1.88. The van der Waals surface area contributed by atoms with E-state index in [2.05, 4.69) is 29.6 Å². The van der Waals surface area contributed by atoms with E-state index in [1.807, 2.05) is 4.90 Å². The van der Waals surface area contributed by atoms with E-state index < -0.39 is 0 Å². The Morgan fingerprint density at radius 1 is 1.25 bits per heavy atom. The molecule has 5 heteroatoms. The van der Waals surface area contributed by atoms with Gasteiger partial charge in [-0.2, -0.15) is 0 Å². The minimum Gasteiger partial charge on any atom is -0.355 e. The normalized spacial score (nSPS) is 23.0. The van der Waals surface area contributed by atoms with Gasteiger partial charge in [-0.25, -0.2) is 0 Å². The second kappa shape index (κ2) is 7.79. The highest BCUT2D eigenvalue weighted by Crippen LogP contribution is 2.35. The Morgan fingerprint density at radius 3 is 2.92 bits per heavy atom. The number of fused-ring (bicyclic) bond motifs is 1. The first-order valence-corrected chi connectivity index (χ1v) is 9.02. The van der Waals surface area contributed by atoms with Crippen LogP contribution in [0.15, 0.2) is 24.3 Å². The smallest absolute Gasteiger partial charge is 0.224 e. The van der Waals surface area contributed by atoms with Crippen LogP contribution in [0.2, 0.25) is 0 Å². The molecule has 3 N–H and O–H groups in total. The van der Waals surface area contributed by atoms with Crippen molar-refractivity contribution < 1.29 is 9.59 Å². The summed E-state index contributed by atoms with van der Waals surface area (Å²) < 4.78 is 0. The summed E-state index contributed by atoms with van der Waals surface area (Å²) in [7, 11) is 0. The van der Waals surface area contributed by atoms with Gasteiger partial charge in [-0.15, -0.1) is 0 Å². The van der Waals surface area contributed by atoms with Gasteiger partial charge in [-0.3, -0.25) is 9.59 Å². The summed E-state index contributed by atoms with van der Waals surface area (Å²) in [6.45, 7) is 2.27. The number of rotatable bonds is 5. The number of benzene rings is 1. The van der Waals surface area contributed by atoms with Crippen LogP contribution in [0.3, 0.4) is 0 Å². The molecule has 0 saturated carbocycles. The van der Waals surface area contributed by atoms with Gasteiger partial charge < -0.3 is 16.0 Å². The maximum atomic E-state index is 12.7. The summed E-state index contributed by atoms with van der Waals surface area (Å²) in [6, 6.07) is 8.44. The van der Waals surface area contributed by atoms with Gasteiger partial charge in [0.1, 0.15) is 0 Å². The zero-order valence-electron chi connectivity index (χ0n) is 14.2. The second-order valence-corrected chi connectivity index (χ2v) is 6.90. The Labute approximate surface area is 143 Å². The standard InChI is InChI=1S/C19H27N3O2/c20-9-10-21-19(24)16-5-3-11-22(13-16)18(23)12-15-8-7-14-4-1-2-6-17(14)15/h1-2,4,6,15-16H,3,5,7-13,20H2,(H,21,24). The van der Waals surface area contributed by atoms with Gasteiger partial charge in [0.2, 0.25) is 11.8 Å². The third-order valence-electron chi connectivity index (χ3n) is 5.27. The molecule has 24 heavy (non-hydrogen) atoms. The number of nitrogens with two attached hydrogens (primary N) is 1.